The van der Waals surface area contributed by atoms with Crippen LogP contribution in [0.5, 0.6) is 0 Å². The Morgan fingerprint density at radius 1 is 1.08 bits per heavy atom. The maximum Gasteiger partial charge on any atom is 0.253 e. The summed E-state index contributed by atoms with van der Waals surface area (Å²) in [5, 5.41) is 6.87. The van der Waals surface area contributed by atoms with Gasteiger partial charge >= 0.3 is 0 Å². The number of aryl methyl sites for hydroxylation is 2. The van der Waals surface area contributed by atoms with Gasteiger partial charge in [-0.15, -0.1) is 0 Å². The fourth-order valence-corrected chi connectivity index (χ4v) is 3.12. The van der Waals surface area contributed by atoms with Gasteiger partial charge in [0.05, 0.1) is 17.1 Å². The van der Waals surface area contributed by atoms with Gasteiger partial charge in [-0.1, -0.05) is 24.3 Å². The Kier molecular flexibility index (Phi) is 4.80. The molecule has 5 nitrogen and oxygen atoms in total. The highest BCUT2D eigenvalue weighted by Gasteiger charge is 2.16. The lowest BCUT2D eigenvalue weighted by Crippen LogP contribution is -2.27. The van der Waals surface area contributed by atoms with Crippen LogP contribution in [0.15, 0.2) is 42.5 Å². The van der Waals surface area contributed by atoms with Crippen molar-refractivity contribution in [1.29, 1.82) is 0 Å². The number of aromatic amines is 1. The fourth-order valence-electron chi connectivity index (χ4n) is 3.12. The predicted octanol–water partition coefficient (Wildman–Crippen LogP) is 4.23. The highest BCUT2D eigenvalue weighted by molar-refractivity contribution is 6.06. The number of nitrogens with one attached hydrogen (secondary N) is 3. The number of anilines is 1. The van der Waals surface area contributed by atoms with Gasteiger partial charge in [-0.2, -0.15) is 0 Å². The van der Waals surface area contributed by atoms with Gasteiger partial charge in [0.2, 0.25) is 5.91 Å². The molecule has 2 aromatic carbocycles. The molecular weight excluding hydrogens is 326 g/mol. The molecule has 1 aromatic heterocycles. The van der Waals surface area contributed by atoms with E-state index in [0.29, 0.717) is 11.3 Å². The van der Waals surface area contributed by atoms with E-state index in [9.17, 15) is 9.59 Å². The summed E-state index contributed by atoms with van der Waals surface area (Å²) in [4.78, 5) is 27.4. The van der Waals surface area contributed by atoms with E-state index in [1.54, 1.807) is 0 Å². The van der Waals surface area contributed by atoms with Crippen molar-refractivity contribution in [3.63, 3.8) is 0 Å². The molecule has 1 unspecified atom stereocenters. The number of para-hydroxylation sites is 1. The van der Waals surface area contributed by atoms with E-state index in [2.05, 4.69) is 15.6 Å². The minimum atomic E-state index is -0.191. The van der Waals surface area contributed by atoms with Crippen LogP contribution in [0.4, 0.5) is 5.69 Å². The van der Waals surface area contributed by atoms with Gasteiger partial charge in [-0.3, -0.25) is 9.59 Å². The minimum absolute atomic E-state index is 0.122. The molecule has 0 radical (unpaired) electrons. The summed E-state index contributed by atoms with van der Waals surface area (Å²) >= 11 is 0. The average Bonchev–Trinajstić information content (AvgIpc) is 2.89. The normalized spacial score (nSPS) is 12.0. The molecule has 1 atom stereocenters. The van der Waals surface area contributed by atoms with Crippen molar-refractivity contribution in [3.05, 3.63) is 64.8 Å². The Balaban J connectivity index is 1.84. The topological polar surface area (TPSA) is 74.0 Å². The summed E-state index contributed by atoms with van der Waals surface area (Å²) in [6.45, 7) is 7.45. The Hall–Kier alpha value is -3.08. The lowest BCUT2D eigenvalue weighted by Gasteiger charge is -2.16. The summed E-state index contributed by atoms with van der Waals surface area (Å²) in [5.41, 5.74) is 5.36. The molecule has 3 N–H and O–H groups in total. The minimum Gasteiger partial charge on any atom is -0.358 e. The summed E-state index contributed by atoms with van der Waals surface area (Å²) < 4.78 is 0. The van der Waals surface area contributed by atoms with Crippen molar-refractivity contribution in [3.8, 4) is 0 Å². The van der Waals surface area contributed by atoms with Gasteiger partial charge in [-0.05, 0) is 50.1 Å². The molecule has 0 aliphatic rings. The Morgan fingerprint density at radius 2 is 1.81 bits per heavy atom. The second-order valence-corrected chi connectivity index (χ2v) is 6.60. The molecule has 26 heavy (non-hydrogen) atoms. The average molecular weight is 349 g/mol. The van der Waals surface area contributed by atoms with Crippen LogP contribution in [0.3, 0.4) is 0 Å². The van der Waals surface area contributed by atoms with E-state index in [-0.39, 0.29) is 17.9 Å². The highest BCUT2D eigenvalue weighted by atomic mass is 16.2. The van der Waals surface area contributed by atoms with Gasteiger partial charge in [0.25, 0.3) is 5.91 Å². The molecular formula is C21H23N3O2. The molecule has 1 heterocycles. The van der Waals surface area contributed by atoms with Gasteiger partial charge in [0.15, 0.2) is 0 Å². The monoisotopic (exact) mass is 349 g/mol. The Morgan fingerprint density at radius 3 is 2.54 bits per heavy atom. The van der Waals surface area contributed by atoms with Crippen LogP contribution in [-0.4, -0.2) is 16.8 Å². The molecule has 134 valence electrons. The van der Waals surface area contributed by atoms with Crippen LogP contribution in [0.25, 0.3) is 10.9 Å². The van der Waals surface area contributed by atoms with E-state index in [1.807, 2.05) is 63.2 Å². The predicted molar refractivity (Wildman–Crippen MR) is 104 cm³/mol. The maximum atomic E-state index is 12.8. The Labute approximate surface area is 152 Å². The number of carbonyl (C=O) groups excluding carboxylic acids is 2. The zero-order valence-corrected chi connectivity index (χ0v) is 15.4. The quantitative estimate of drug-likeness (QED) is 0.659. The standard InChI is InChI=1S/C21H23N3O2/c1-12-13(2)22-20-18(12)9-6-10-19(20)21(26)23-14(3)16-7-5-8-17(11-16)24-15(4)25/h5-11,14,22H,1-4H3,(H,23,26)(H,24,25). The van der Waals surface area contributed by atoms with E-state index in [0.717, 1.165) is 27.7 Å². The number of rotatable bonds is 4. The molecule has 3 rings (SSSR count). The number of amides is 2. The molecule has 0 aliphatic carbocycles. The number of carbonyl (C=O) groups is 2. The summed E-state index contributed by atoms with van der Waals surface area (Å²) in [6.07, 6.45) is 0. The van der Waals surface area contributed by atoms with Crippen LogP contribution < -0.4 is 10.6 Å². The second-order valence-electron chi connectivity index (χ2n) is 6.60. The van der Waals surface area contributed by atoms with Crippen molar-refractivity contribution in [1.82, 2.24) is 10.3 Å². The molecule has 0 fully saturated rings. The van der Waals surface area contributed by atoms with Crippen LogP contribution in [0, 0.1) is 13.8 Å². The molecule has 3 aromatic rings. The number of hydrogen-bond donors (Lipinski definition) is 3. The van der Waals surface area contributed by atoms with Crippen molar-refractivity contribution < 1.29 is 9.59 Å². The largest absolute Gasteiger partial charge is 0.358 e. The third-order valence-corrected chi connectivity index (χ3v) is 4.64. The number of hydrogen-bond acceptors (Lipinski definition) is 2. The molecule has 0 aliphatic heterocycles. The lowest BCUT2D eigenvalue weighted by molar-refractivity contribution is -0.114. The summed E-state index contributed by atoms with van der Waals surface area (Å²) in [5.74, 6) is -0.253. The van der Waals surface area contributed by atoms with E-state index in [4.69, 9.17) is 0 Å². The number of H-pyrrole nitrogens is 1. The van der Waals surface area contributed by atoms with Gasteiger partial charge in [0, 0.05) is 23.7 Å². The van der Waals surface area contributed by atoms with E-state index >= 15 is 0 Å². The van der Waals surface area contributed by atoms with Gasteiger partial charge < -0.3 is 15.6 Å². The highest BCUT2D eigenvalue weighted by Crippen LogP contribution is 2.25. The SMILES string of the molecule is CC(=O)Nc1cccc(C(C)NC(=O)c2cccc3c(C)c(C)[nH]c23)c1. The van der Waals surface area contributed by atoms with Crippen molar-refractivity contribution in [2.24, 2.45) is 0 Å². The first-order valence-electron chi connectivity index (χ1n) is 8.63. The number of aromatic nitrogens is 1. The molecule has 0 bridgehead atoms. The third-order valence-electron chi connectivity index (χ3n) is 4.64. The molecule has 2 amide bonds. The zero-order valence-electron chi connectivity index (χ0n) is 15.4. The first kappa shape index (κ1) is 17.7. The molecule has 0 spiro atoms. The third kappa shape index (κ3) is 3.47. The zero-order chi connectivity index (χ0) is 18.8. The lowest BCUT2D eigenvalue weighted by atomic mass is 10.1. The van der Waals surface area contributed by atoms with Crippen LogP contribution in [0.2, 0.25) is 0 Å². The van der Waals surface area contributed by atoms with Crippen LogP contribution >= 0.6 is 0 Å². The molecule has 0 saturated carbocycles. The smallest absolute Gasteiger partial charge is 0.253 e. The van der Waals surface area contributed by atoms with Gasteiger partial charge in [-0.25, -0.2) is 0 Å². The van der Waals surface area contributed by atoms with Crippen molar-refractivity contribution in [2.45, 2.75) is 33.7 Å². The number of fused-ring (bicyclic) bond motifs is 1. The van der Waals surface area contributed by atoms with Crippen molar-refractivity contribution >= 4 is 28.4 Å². The first-order chi connectivity index (χ1) is 12.4. The van der Waals surface area contributed by atoms with Gasteiger partial charge in [0.1, 0.15) is 0 Å². The van der Waals surface area contributed by atoms with E-state index < -0.39 is 0 Å². The Bertz CT molecular complexity index is 988. The van der Waals surface area contributed by atoms with Crippen LogP contribution in [0.1, 0.15) is 47.1 Å². The number of benzene rings is 2. The van der Waals surface area contributed by atoms with Crippen molar-refractivity contribution in [2.75, 3.05) is 5.32 Å². The molecule has 0 saturated heterocycles. The van der Waals surface area contributed by atoms with Crippen LogP contribution in [-0.2, 0) is 4.79 Å². The first-order valence-corrected chi connectivity index (χ1v) is 8.63. The molecule has 5 heteroatoms. The fraction of sp³-hybridized carbons (Fsp3) is 0.238. The van der Waals surface area contributed by atoms with E-state index in [1.165, 1.54) is 6.92 Å². The summed E-state index contributed by atoms with van der Waals surface area (Å²) in [7, 11) is 0. The second kappa shape index (κ2) is 7.04. The summed E-state index contributed by atoms with van der Waals surface area (Å²) in [6, 6.07) is 13.0. The maximum absolute atomic E-state index is 12.8.